The van der Waals surface area contributed by atoms with Crippen molar-refractivity contribution < 1.29 is 33.6 Å². The second kappa shape index (κ2) is 14.4. The van der Waals surface area contributed by atoms with E-state index in [1.165, 1.54) is 7.11 Å². The van der Waals surface area contributed by atoms with Gasteiger partial charge in [-0.05, 0) is 28.3 Å². The smallest absolute Gasteiger partial charge is 0.338 e. The zero-order valence-electron chi connectivity index (χ0n) is 21.5. The number of esters is 1. The van der Waals surface area contributed by atoms with Gasteiger partial charge in [-0.1, -0.05) is 84.0 Å². The van der Waals surface area contributed by atoms with Crippen molar-refractivity contribution in [3.05, 3.63) is 118 Å². The van der Waals surface area contributed by atoms with Crippen LogP contribution in [0.1, 0.15) is 27.0 Å². The van der Waals surface area contributed by atoms with E-state index in [1.54, 1.807) is 24.3 Å². The van der Waals surface area contributed by atoms with Crippen LogP contribution < -0.4 is 0 Å². The number of aliphatic hydroxyl groups is 1. The van der Waals surface area contributed by atoms with E-state index in [4.69, 9.17) is 29.2 Å². The van der Waals surface area contributed by atoms with Crippen LogP contribution in [0.3, 0.4) is 0 Å². The molecule has 0 bridgehead atoms. The summed E-state index contributed by atoms with van der Waals surface area (Å²) in [6.45, 7) is 0.275. The fourth-order valence-electron chi connectivity index (χ4n) is 4.35. The summed E-state index contributed by atoms with van der Waals surface area (Å²) < 4.78 is 29.4. The summed E-state index contributed by atoms with van der Waals surface area (Å²) in [5.74, 6) is -0.606. The van der Waals surface area contributed by atoms with E-state index in [2.05, 4.69) is 10.0 Å². The number of hydrogen-bond donors (Lipinski definition) is 1. The molecule has 0 radical (unpaired) electrons. The average Bonchev–Trinajstić information content (AvgIpc) is 2.98. The molecule has 0 saturated carbocycles. The van der Waals surface area contributed by atoms with Crippen molar-refractivity contribution in [2.75, 3.05) is 13.7 Å². The van der Waals surface area contributed by atoms with Crippen molar-refractivity contribution in [2.45, 2.75) is 50.5 Å². The monoisotopic (exact) mass is 533 g/mol. The summed E-state index contributed by atoms with van der Waals surface area (Å²) in [4.78, 5) is 15.8. The van der Waals surface area contributed by atoms with Crippen molar-refractivity contribution in [2.24, 2.45) is 5.11 Å². The fourth-order valence-corrected chi connectivity index (χ4v) is 4.35. The summed E-state index contributed by atoms with van der Waals surface area (Å²) in [6.07, 6.45) is -4.62. The topological polar surface area (TPSA) is 132 Å². The maximum atomic E-state index is 13.0. The van der Waals surface area contributed by atoms with E-state index in [1.807, 2.05) is 60.7 Å². The Balaban J connectivity index is 1.53. The Morgan fingerprint density at radius 2 is 1.51 bits per heavy atom. The number of rotatable bonds is 12. The second-order valence-electron chi connectivity index (χ2n) is 8.94. The van der Waals surface area contributed by atoms with Gasteiger partial charge in [-0.15, -0.1) is 0 Å². The van der Waals surface area contributed by atoms with Gasteiger partial charge in [0.2, 0.25) is 0 Å². The van der Waals surface area contributed by atoms with Gasteiger partial charge in [0.1, 0.15) is 31.0 Å². The van der Waals surface area contributed by atoms with Gasteiger partial charge in [-0.3, -0.25) is 0 Å². The van der Waals surface area contributed by atoms with Crippen molar-refractivity contribution in [1.29, 1.82) is 0 Å². The Bertz CT molecular complexity index is 1240. The summed E-state index contributed by atoms with van der Waals surface area (Å²) >= 11 is 0. The summed E-state index contributed by atoms with van der Waals surface area (Å²) in [5, 5.41) is 14.6. The lowest BCUT2D eigenvalue weighted by Gasteiger charge is -2.43. The lowest BCUT2D eigenvalue weighted by Crippen LogP contribution is -2.61. The predicted octanol–water partition coefficient (Wildman–Crippen LogP) is 4.56. The molecule has 4 rings (SSSR count). The number of hydrogen-bond acceptors (Lipinski definition) is 8. The number of methoxy groups -OCH3 is 1. The predicted molar refractivity (Wildman–Crippen MR) is 141 cm³/mol. The average molecular weight is 534 g/mol. The molecule has 3 aromatic rings. The van der Waals surface area contributed by atoms with Crippen LogP contribution in [0.2, 0.25) is 0 Å². The van der Waals surface area contributed by atoms with Crippen LogP contribution in [0.5, 0.6) is 0 Å². The molecule has 1 aliphatic heterocycles. The zero-order chi connectivity index (χ0) is 27.5. The Hall–Kier alpha value is -3.76. The van der Waals surface area contributed by atoms with Gasteiger partial charge in [-0.2, -0.15) is 0 Å². The van der Waals surface area contributed by atoms with Gasteiger partial charge in [0.15, 0.2) is 6.29 Å². The van der Waals surface area contributed by atoms with Crippen LogP contribution in [0, 0.1) is 0 Å². The minimum atomic E-state index is -1.16. The second-order valence-corrected chi connectivity index (χ2v) is 8.94. The quantitative estimate of drug-likeness (QED) is 0.156. The highest BCUT2D eigenvalue weighted by atomic mass is 16.7. The number of benzene rings is 3. The number of carbonyl (C=O) groups excluding carboxylic acids is 1. The Morgan fingerprint density at radius 1 is 0.923 bits per heavy atom. The molecule has 10 heteroatoms. The van der Waals surface area contributed by atoms with Crippen molar-refractivity contribution >= 4 is 5.97 Å². The van der Waals surface area contributed by atoms with Crippen LogP contribution in [-0.4, -0.2) is 55.5 Å². The van der Waals surface area contributed by atoms with Gasteiger partial charge >= 0.3 is 5.97 Å². The van der Waals surface area contributed by atoms with Crippen molar-refractivity contribution in [1.82, 2.24) is 0 Å². The van der Waals surface area contributed by atoms with Crippen molar-refractivity contribution in [3.8, 4) is 0 Å². The first-order chi connectivity index (χ1) is 19.1. The van der Waals surface area contributed by atoms with Crippen LogP contribution in [0.15, 0.2) is 90.0 Å². The molecule has 0 unspecified atom stereocenters. The maximum absolute atomic E-state index is 13.0. The van der Waals surface area contributed by atoms with E-state index in [0.29, 0.717) is 5.56 Å². The molecule has 0 aromatic heterocycles. The van der Waals surface area contributed by atoms with E-state index >= 15 is 0 Å². The molecular weight excluding hydrogens is 502 g/mol. The third-order valence-electron chi connectivity index (χ3n) is 6.34. The third-order valence-corrected chi connectivity index (χ3v) is 6.34. The van der Waals surface area contributed by atoms with E-state index in [9.17, 15) is 9.90 Å². The minimum absolute atomic E-state index is 0.0118. The Kier molecular flexibility index (Phi) is 10.4. The molecule has 1 aliphatic rings. The highest BCUT2D eigenvalue weighted by Crippen LogP contribution is 2.29. The minimum Gasteiger partial charge on any atom is -0.459 e. The lowest BCUT2D eigenvalue weighted by atomic mass is 9.98. The van der Waals surface area contributed by atoms with E-state index in [-0.39, 0.29) is 31.9 Å². The van der Waals surface area contributed by atoms with Gasteiger partial charge in [0.25, 0.3) is 0 Å². The lowest BCUT2D eigenvalue weighted by molar-refractivity contribution is -0.311. The molecule has 1 N–H and O–H groups in total. The molecule has 204 valence electrons. The first-order valence-electron chi connectivity index (χ1n) is 12.5. The summed E-state index contributed by atoms with van der Waals surface area (Å²) in [7, 11) is 1.42. The van der Waals surface area contributed by atoms with Crippen molar-refractivity contribution in [3.63, 3.8) is 0 Å². The molecule has 0 spiro atoms. The molecule has 0 aliphatic carbocycles. The number of aliphatic hydroxyl groups excluding tert-OH is 1. The van der Waals surface area contributed by atoms with Crippen LogP contribution in [0.25, 0.3) is 10.4 Å². The van der Waals surface area contributed by atoms with Gasteiger partial charge < -0.3 is 28.8 Å². The van der Waals surface area contributed by atoms with Gasteiger partial charge in [-0.25, -0.2) is 4.79 Å². The highest BCUT2D eigenvalue weighted by Gasteiger charge is 2.47. The van der Waals surface area contributed by atoms with Crippen LogP contribution >= 0.6 is 0 Å². The Morgan fingerprint density at radius 3 is 2.13 bits per heavy atom. The zero-order valence-corrected chi connectivity index (χ0v) is 21.5. The van der Waals surface area contributed by atoms with Gasteiger partial charge in [0, 0.05) is 12.0 Å². The molecule has 5 atom stereocenters. The number of carbonyl (C=O) groups is 1. The van der Waals surface area contributed by atoms with Gasteiger partial charge in [0.05, 0.1) is 25.3 Å². The molecule has 1 fully saturated rings. The SMILES string of the molecule is CO[C@@H]1O[C@H](COC(=O)c2ccccc2CN=[N+]=[N-])[C@@H](OCc2ccccc2)[C@H](OCc2ccccc2)[C@H]1O. The van der Waals surface area contributed by atoms with E-state index in [0.717, 1.165) is 11.1 Å². The number of nitrogens with zero attached hydrogens (tertiary/aromatic N) is 3. The first-order valence-corrected chi connectivity index (χ1v) is 12.5. The van der Waals surface area contributed by atoms with Crippen LogP contribution in [0.4, 0.5) is 0 Å². The number of azide groups is 1. The first kappa shape index (κ1) is 28.3. The van der Waals surface area contributed by atoms with Crippen LogP contribution in [-0.2, 0) is 43.4 Å². The fraction of sp³-hybridized carbons (Fsp3) is 0.345. The summed E-state index contributed by atoms with van der Waals surface area (Å²) in [6, 6.07) is 25.9. The standard InChI is InChI=1S/C29H31N3O7/c1-35-29-25(33)27(37-18-21-12-6-3-7-13-21)26(36-17-20-10-4-2-5-11-20)24(39-29)19-38-28(34)23-15-9-8-14-22(23)16-31-32-30/h2-15,24-27,29,33H,16-19H2,1H3/t24-,25-,26-,27-,29-/m1/s1. The van der Waals surface area contributed by atoms with E-state index < -0.39 is 36.7 Å². The third kappa shape index (κ3) is 7.64. The molecule has 1 heterocycles. The largest absolute Gasteiger partial charge is 0.459 e. The number of ether oxygens (including phenoxy) is 5. The highest BCUT2D eigenvalue weighted by molar-refractivity contribution is 5.91. The molecule has 3 aromatic carbocycles. The Labute approximate surface area is 226 Å². The molecule has 39 heavy (non-hydrogen) atoms. The molecule has 0 amide bonds. The molecule has 10 nitrogen and oxygen atoms in total. The maximum Gasteiger partial charge on any atom is 0.338 e. The summed E-state index contributed by atoms with van der Waals surface area (Å²) in [5.41, 5.74) is 11.3. The molecule has 1 saturated heterocycles. The normalized spacial score (nSPS) is 22.6. The molecular formula is C29H31N3O7.